The van der Waals surface area contributed by atoms with Crippen LogP contribution in [-0.2, 0) is 6.54 Å². The Labute approximate surface area is 121 Å². The number of rotatable bonds is 4. The Bertz CT molecular complexity index is 661. The second kappa shape index (κ2) is 5.88. The molecule has 2 N–H and O–H groups in total. The molecular weight excluding hydrogens is 274 g/mol. The Balaban J connectivity index is 2.05. The molecule has 20 heavy (non-hydrogen) atoms. The highest BCUT2D eigenvalue weighted by molar-refractivity contribution is 7.16. The van der Waals surface area contributed by atoms with Gasteiger partial charge in [0.25, 0.3) is 5.91 Å². The molecule has 1 heterocycles. The fourth-order valence-electron chi connectivity index (χ4n) is 1.88. The van der Waals surface area contributed by atoms with E-state index in [0.717, 1.165) is 11.1 Å². The number of Topliss-reactive ketones (excluding diaryl/α,β-unsaturated/α-hetero) is 1. The number of aromatic hydroxyl groups is 1. The summed E-state index contributed by atoms with van der Waals surface area (Å²) in [6, 6.07) is 8.44. The Morgan fingerprint density at radius 1 is 1.30 bits per heavy atom. The van der Waals surface area contributed by atoms with E-state index < -0.39 is 0 Å². The molecule has 0 aliphatic rings. The summed E-state index contributed by atoms with van der Waals surface area (Å²) in [5, 5.41) is 12.1. The number of hydrogen-bond donors (Lipinski definition) is 2. The van der Waals surface area contributed by atoms with E-state index >= 15 is 0 Å². The second-order valence-electron chi connectivity index (χ2n) is 4.53. The standard InChI is InChI=1S/C15H15NO3S/c1-9-6-13(20-14(9)10(2)17)15(19)16-8-11-4-3-5-12(18)7-11/h3-7,18H,8H2,1-2H3,(H,16,19). The summed E-state index contributed by atoms with van der Waals surface area (Å²) in [5.74, 6) is -0.0731. The summed E-state index contributed by atoms with van der Waals surface area (Å²) in [7, 11) is 0. The minimum Gasteiger partial charge on any atom is -0.508 e. The number of carbonyl (C=O) groups excluding carboxylic acids is 2. The van der Waals surface area contributed by atoms with Crippen LogP contribution >= 0.6 is 11.3 Å². The van der Waals surface area contributed by atoms with Crippen LogP contribution in [0.25, 0.3) is 0 Å². The molecule has 1 aromatic heterocycles. The van der Waals surface area contributed by atoms with E-state index in [1.165, 1.54) is 18.3 Å². The lowest BCUT2D eigenvalue weighted by Crippen LogP contribution is -2.21. The van der Waals surface area contributed by atoms with Crippen molar-refractivity contribution in [2.45, 2.75) is 20.4 Å². The fourth-order valence-corrected chi connectivity index (χ4v) is 2.86. The first-order chi connectivity index (χ1) is 9.47. The highest BCUT2D eigenvalue weighted by atomic mass is 32.1. The zero-order valence-corrected chi connectivity index (χ0v) is 12.1. The average Bonchev–Trinajstić information content (AvgIpc) is 2.78. The highest BCUT2D eigenvalue weighted by Gasteiger charge is 2.14. The lowest BCUT2D eigenvalue weighted by molar-refractivity contribution is 0.0954. The Kier molecular flexibility index (Phi) is 4.20. The topological polar surface area (TPSA) is 66.4 Å². The van der Waals surface area contributed by atoms with Gasteiger partial charge in [0.2, 0.25) is 0 Å². The number of phenolic OH excluding ortho intramolecular Hbond substituents is 1. The molecule has 1 aromatic carbocycles. The van der Waals surface area contributed by atoms with Crippen LogP contribution in [0.3, 0.4) is 0 Å². The van der Waals surface area contributed by atoms with Crippen molar-refractivity contribution in [2.24, 2.45) is 0 Å². The summed E-state index contributed by atoms with van der Waals surface area (Å²) >= 11 is 1.20. The van der Waals surface area contributed by atoms with E-state index in [4.69, 9.17) is 0 Å². The Hall–Kier alpha value is -2.14. The quantitative estimate of drug-likeness (QED) is 0.850. The third-order valence-electron chi connectivity index (χ3n) is 2.82. The van der Waals surface area contributed by atoms with Crippen molar-refractivity contribution in [1.29, 1.82) is 0 Å². The van der Waals surface area contributed by atoms with E-state index in [2.05, 4.69) is 5.32 Å². The smallest absolute Gasteiger partial charge is 0.261 e. The lowest BCUT2D eigenvalue weighted by atomic mass is 10.2. The van der Waals surface area contributed by atoms with Crippen LogP contribution in [0.1, 0.15) is 37.4 Å². The number of thiophene rings is 1. The van der Waals surface area contributed by atoms with Gasteiger partial charge in [0.05, 0.1) is 9.75 Å². The van der Waals surface area contributed by atoms with Crippen molar-refractivity contribution in [2.75, 3.05) is 0 Å². The van der Waals surface area contributed by atoms with Gasteiger partial charge in [0.15, 0.2) is 5.78 Å². The van der Waals surface area contributed by atoms with Crippen LogP contribution in [0.2, 0.25) is 0 Å². The fraction of sp³-hybridized carbons (Fsp3) is 0.200. The predicted molar refractivity (Wildman–Crippen MR) is 78.3 cm³/mol. The van der Waals surface area contributed by atoms with E-state index in [0.29, 0.717) is 16.3 Å². The molecule has 0 unspecified atom stereocenters. The molecule has 2 rings (SSSR count). The van der Waals surface area contributed by atoms with Crippen LogP contribution in [0, 0.1) is 6.92 Å². The molecule has 0 aliphatic heterocycles. The van der Waals surface area contributed by atoms with Crippen LogP contribution in [0.15, 0.2) is 30.3 Å². The van der Waals surface area contributed by atoms with Gasteiger partial charge in [0.1, 0.15) is 5.75 Å². The van der Waals surface area contributed by atoms with Crippen molar-refractivity contribution in [1.82, 2.24) is 5.32 Å². The maximum atomic E-state index is 12.0. The first-order valence-electron chi connectivity index (χ1n) is 6.15. The van der Waals surface area contributed by atoms with Crippen molar-refractivity contribution < 1.29 is 14.7 Å². The van der Waals surface area contributed by atoms with E-state index in [1.54, 1.807) is 24.3 Å². The van der Waals surface area contributed by atoms with Gasteiger partial charge < -0.3 is 10.4 Å². The summed E-state index contributed by atoms with van der Waals surface area (Å²) < 4.78 is 0. The molecular formula is C15H15NO3S. The van der Waals surface area contributed by atoms with Crippen molar-refractivity contribution >= 4 is 23.0 Å². The molecule has 5 heteroatoms. The third kappa shape index (κ3) is 3.24. The predicted octanol–water partition coefficient (Wildman–Crippen LogP) is 2.89. The Morgan fingerprint density at radius 3 is 2.65 bits per heavy atom. The summed E-state index contributed by atoms with van der Waals surface area (Å²) in [6.45, 7) is 3.64. The largest absolute Gasteiger partial charge is 0.508 e. The van der Waals surface area contributed by atoms with Crippen LogP contribution in [-0.4, -0.2) is 16.8 Å². The van der Waals surface area contributed by atoms with Crippen LogP contribution < -0.4 is 5.32 Å². The van der Waals surface area contributed by atoms with Crippen LogP contribution in [0.4, 0.5) is 0 Å². The number of amides is 1. The summed E-state index contributed by atoms with van der Waals surface area (Å²) in [6.07, 6.45) is 0. The molecule has 0 atom stereocenters. The summed E-state index contributed by atoms with van der Waals surface area (Å²) in [5.41, 5.74) is 1.64. The van der Waals surface area contributed by atoms with Gasteiger partial charge in [-0.2, -0.15) is 0 Å². The van der Waals surface area contributed by atoms with Gasteiger partial charge >= 0.3 is 0 Å². The number of hydrogen-bond acceptors (Lipinski definition) is 4. The maximum Gasteiger partial charge on any atom is 0.261 e. The third-order valence-corrected chi connectivity index (χ3v) is 4.16. The highest BCUT2D eigenvalue weighted by Crippen LogP contribution is 2.22. The second-order valence-corrected chi connectivity index (χ2v) is 5.58. The normalized spacial score (nSPS) is 10.3. The number of phenols is 1. The molecule has 0 fully saturated rings. The molecule has 0 spiro atoms. The Morgan fingerprint density at radius 2 is 2.05 bits per heavy atom. The average molecular weight is 289 g/mol. The van der Waals surface area contributed by atoms with E-state index in [1.807, 2.05) is 13.0 Å². The van der Waals surface area contributed by atoms with E-state index in [-0.39, 0.29) is 17.4 Å². The molecule has 1 amide bonds. The monoisotopic (exact) mass is 289 g/mol. The van der Waals surface area contributed by atoms with Crippen LogP contribution in [0.5, 0.6) is 5.75 Å². The van der Waals surface area contributed by atoms with Gasteiger partial charge in [0, 0.05) is 6.54 Å². The molecule has 0 radical (unpaired) electrons. The molecule has 2 aromatic rings. The van der Waals surface area contributed by atoms with Gasteiger partial charge in [-0.25, -0.2) is 0 Å². The van der Waals surface area contributed by atoms with Crippen molar-refractivity contribution in [3.05, 3.63) is 51.2 Å². The first-order valence-corrected chi connectivity index (χ1v) is 6.96. The zero-order chi connectivity index (χ0) is 14.7. The molecule has 0 aliphatic carbocycles. The maximum absolute atomic E-state index is 12.0. The number of benzene rings is 1. The molecule has 0 saturated carbocycles. The molecule has 4 nitrogen and oxygen atoms in total. The number of ketones is 1. The molecule has 0 saturated heterocycles. The van der Waals surface area contributed by atoms with Gasteiger partial charge in [-0.3, -0.25) is 9.59 Å². The number of nitrogens with one attached hydrogen (secondary N) is 1. The SMILES string of the molecule is CC(=O)c1sc(C(=O)NCc2cccc(O)c2)cc1C. The number of carbonyl (C=O) groups is 2. The number of aryl methyl sites for hydroxylation is 1. The molecule has 0 bridgehead atoms. The summed E-state index contributed by atoms with van der Waals surface area (Å²) in [4.78, 5) is 24.5. The zero-order valence-electron chi connectivity index (χ0n) is 11.3. The first kappa shape index (κ1) is 14.3. The minimum atomic E-state index is -0.214. The molecule has 104 valence electrons. The van der Waals surface area contributed by atoms with Gasteiger partial charge in [-0.05, 0) is 43.2 Å². The van der Waals surface area contributed by atoms with Crippen molar-refractivity contribution in [3.8, 4) is 5.75 Å². The minimum absolute atomic E-state index is 0.0282. The van der Waals surface area contributed by atoms with Gasteiger partial charge in [-0.15, -0.1) is 11.3 Å². The van der Waals surface area contributed by atoms with Crippen molar-refractivity contribution in [3.63, 3.8) is 0 Å². The van der Waals surface area contributed by atoms with E-state index in [9.17, 15) is 14.7 Å². The lowest BCUT2D eigenvalue weighted by Gasteiger charge is -2.04. The van der Waals surface area contributed by atoms with Gasteiger partial charge in [-0.1, -0.05) is 12.1 Å².